The average Bonchev–Trinajstić information content (AvgIpc) is 3.03. The summed E-state index contributed by atoms with van der Waals surface area (Å²) < 4.78 is 37.9. The molecule has 2 aromatic rings. The van der Waals surface area contributed by atoms with E-state index in [4.69, 9.17) is 9.47 Å². The number of hydrogen-bond acceptors (Lipinski definition) is 5. The SMILES string of the molecule is C[C@@H]1Cc2ccccc2N1C(=O)CN(C)S(=O)(=O)c1ccc2c(c1)OCCO2. The number of ether oxygens (including phenoxy) is 2. The molecule has 28 heavy (non-hydrogen) atoms. The number of carbonyl (C=O) groups excluding carboxylic acids is 1. The number of likely N-dealkylation sites (N-methyl/N-ethyl adjacent to an activating group) is 1. The molecule has 0 N–H and O–H groups in total. The zero-order valence-corrected chi connectivity index (χ0v) is 16.6. The maximum absolute atomic E-state index is 13.0. The minimum Gasteiger partial charge on any atom is -0.486 e. The summed E-state index contributed by atoms with van der Waals surface area (Å²) in [6.45, 7) is 2.53. The molecule has 1 amide bonds. The van der Waals surface area contributed by atoms with Gasteiger partial charge in [-0.15, -0.1) is 0 Å². The van der Waals surface area contributed by atoms with Crippen LogP contribution in [0.5, 0.6) is 11.5 Å². The summed E-state index contributed by atoms with van der Waals surface area (Å²) >= 11 is 0. The van der Waals surface area contributed by atoms with Crippen molar-refractivity contribution in [2.45, 2.75) is 24.3 Å². The van der Waals surface area contributed by atoms with Crippen LogP contribution in [0.3, 0.4) is 0 Å². The van der Waals surface area contributed by atoms with Crippen LogP contribution in [0.4, 0.5) is 5.69 Å². The van der Waals surface area contributed by atoms with Crippen LogP contribution in [-0.2, 0) is 21.2 Å². The van der Waals surface area contributed by atoms with Crippen molar-refractivity contribution < 1.29 is 22.7 Å². The largest absolute Gasteiger partial charge is 0.486 e. The van der Waals surface area contributed by atoms with Crippen LogP contribution < -0.4 is 14.4 Å². The van der Waals surface area contributed by atoms with Gasteiger partial charge in [-0.2, -0.15) is 4.31 Å². The number of rotatable bonds is 4. The highest BCUT2D eigenvalue weighted by atomic mass is 32.2. The van der Waals surface area contributed by atoms with Crippen LogP contribution in [-0.4, -0.2) is 51.5 Å². The van der Waals surface area contributed by atoms with Gasteiger partial charge in [0, 0.05) is 24.8 Å². The number of nitrogens with zero attached hydrogens (tertiary/aromatic N) is 2. The minimum absolute atomic E-state index is 0.00435. The third-order valence-corrected chi connectivity index (χ3v) is 6.86. The molecule has 0 saturated heterocycles. The fourth-order valence-corrected chi connectivity index (χ4v) is 4.80. The molecule has 8 heteroatoms. The molecule has 2 aromatic carbocycles. The first-order valence-corrected chi connectivity index (χ1v) is 10.6. The molecular formula is C20H22N2O5S. The van der Waals surface area contributed by atoms with Crippen LogP contribution in [0.15, 0.2) is 47.4 Å². The van der Waals surface area contributed by atoms with Crippen molar-refractivity contribution in [3.05, 3.63) is 48.0 Å². The van der Waals surface area contributed by atoms with E-state index in [1.54, 1.807) is 11.0 Å². The second-order valence-corrected chi connectivity index (χ2v) is 9.06. The zero-order chi connectivity index (χ0) is 19.9. The molecule has 0 aromatic heterocycles. The van der Waals surface area contributed by atoms with Gasteiger partial charge in [0.15, 0.2) is 11.5 Å². The van der Waals surface area contributed by atoms with Gasteiger partial charge in [0.1, 0.15) is 13.2 Å². The van der Waals surface area contributed by atoms with Crippen molar-refractivity contribution in [3.8, 4) is 11.5 Å². The van der Waals surface area contributed by atoms with E-state index in [9.17, 15) is 13.2 Å². The summed E-state index contributed by atoms with van der Waals surface area (Å²) in [6.07, 6.45) is 0.764. The number of fused-ring (bicyclic) bond motifs is 2. The number of carbonyl (C=O) groups is 1. The molecule has 2 heterocycles. The molecule has 0 bridgehead atoms. The molecule has 0 spiro atoms. The standard InChI is InChI=1S/C20H22N2O5S/c1-14-11-15-5-3-4-6-17(15)22(14)20(23)13-21(2)28(24,25)16-7-8-18-19(12-16)27-10-9-26-18/h3-8,12,14H,9-11,13H2,1-2H3/t14-/m1/s1. The van der Waals surface area contributed by atoms with Crippen molar-refractivity contribution in [3.63, 3.8) is 0 Å². The maximum atomic E-state index is 13.0. The highest BCUT2D eigenvalue weighted by Gasteiger charge is 2.33. The lowest BCUT2D eigenvalue weighted by atomic mass is 10.1. The molecule has 148 valence electrons. The van der Waals surface area contributed by atoms with Gasteiger partial charge in [0.25, 0.3) is 0 Å². The van der Waals surface area contributed by atoms with Crippen molar-refractivity contribution in [1.29, 1.82) is 0 Å². The number of sulfonamides is 1. The van der Waals surface area contributed by atoms with Crippen molar-refractivity contribution in [1.82, 2.24) is 4.31 Å². The second kappa shape index (κ2) is 7.10. The molecule has 0 aliphatic carbocycles. The number of amides is 1. The Morgan fingerprint density at radius 3 is 2.64 bits per heavy atom. The molecule has 2 aliphatic heterocycles. The lowest BCUT2D eigenvalue weighted by Gasteiger charge is -2.26. The molecular weight excluding hydrogens is 380 g/mol. The Bertz CT molecular complexity index is 1020. The molecule has 0 unspecified atom stereocenters. The molecule has 0 radical (unpaired) electrons. The monoisotopic (exact) mass is 402 g/mol. The topological polar surface area (TPSA) is 76.2 Å². The Kier molecular flexibility index (Phi) is 4.76. The first-order valence-electron chi connectivity index (χ1n) is 9.14. The lowest BCUT2D eigenvalue weighted by molar-refractivity contribution is -0.118. The van der Waals surface area contributed by atoms with Gasteiger partial charge in [0.05, 0.1) is 11.4 Å². The summed E-state index contributed by atoms with van der Waals surface area (Å²) in [4.78, 5) is 14.7. The molecule has 4 rings (SSSR count). The third kappa shape index (κ3) is 3.22. The molecule has 1 atom stereocenters. The summed E-state index contributed by atoms with van der Waals surface area (Å²) in [5.74, 6) is 0.668. The van der Waals surface area contributed by atoms with E-state index in [2.05, 4.69) is 0 Å². The van der Waals surface area contributed by atoms with Gasteiger partial charge in [-0.3, -0.25) is 4.79 Å². The summed E-state index contributed by atoms with van der Waals surface area (Å²) in [5, 5.41) is 0. The molecule has 7 nitrogen and oxygen atoms in total. The predicted molar refractivity (Wildman–Crippen MR) is 104 cm³/mol. The van der Waals surface area contributed by atoms with Gasteiger partial charge in [-0.25, -0.2) is 8.42 Å². The van der Waals surface area contributed by atoms with E-state index < -0.39 is 10.0 Å². The fraction of sp³-hybridized carbons (Fsp3) is 0.350. The quantitative estimate of drug-likeness (QED) is 0.782. The first-order chi connectivity index (χ1) is 13.4. The van der Waals surface area contributed by atoms with Gasteiger partial charge in [0.2, 0.25) is 15.9 Å². The number of hydrogen-bond donors (Lipinski definition) is 0. The number of benzene rings is 2. The summed E-state index contributed by atoms with van der Waals surface area (Å²) in [5.41, 5.74) is 1.95. The van der Waals surface area contributed by atoms with Crippen molar-refractivity contribution in [2.24, 2.45) is 0 Å². The van der Waals surface area contributed by atoms with Crippen molar-refractivity contribution >= 4 is 21.6 Å². The van der Waals surface area contributed by atoms with Gasteiger partial charge in [-0.1, -0.05) is 18.2 Å². The lowest BCUT2D eigenvalue weighted by Crippen LogP contribution is -2.43. The van der Waals surface area contributed by atoms with Crippen molar-refractivity contribution in [2.75, 3.05) is 31.7 Å². The average molecular weight is 402 g/mol. The third-order valence-electron chi connectivity index (χ3n) is 5.06. The zero-order valence-electron chi connectivity index (χ0n) is 15.8. The highest BCUT2D eigenvalue weighted by molar-refractivity contribution is 7.89. The Balaban J connectivity index is 1.54. The van der Waals surface area contributed by atoms with Crippen LogP contribution in [0.1, 0.15) is 12.5 Å². The maximum Gasteiger partial charge on any atom is 0.243 e. The smallest absolute Gasteiger partial charge is 0.243 e. The van der Waals surface area contributed by atoms with Crippen LogP contribution in [0.25, 0.3) is 0 Å². The first kappa shape index (κ1) is 18.8. The van der Waals surface area contributed by atoms with Gasteiger partial charge in [-0.05, 0) is 37.1 Å². The van der Waals surface area contributed by atoms with Crippen LogP contribution in [0.2, 0.25) is 0 Å². The van der Waals surface area contributed by atoms with Gasteiger partial charge < -0.3 is 14.4 Å². The van der Waals surface area contributed by atoms with E-state index in [1.165, 1.54) is 19.2 Å². The van der Waals surface area contributed by atoms with E-state index in [0.29, 0.717) is 24.7 Å². The molecule has 0 fully saturated rings. The second-order valence-electron chi connectivity index (χ2n) is 7.01. The van der Waals surface area contributed by atoms with Gasteiger partial charge >= 0.3 is 0 Å². The Hall–Kier alpha value is -2.58. The molecule has 2 aliphatic rings. The molecule has 0 saturated carbocycles. The summed E-state index contributed by atoms with van der Waals surface area (Å²) in [7, 11) is -2.43. The summed E-state index contributed by atoms with van der Waals surface area (Å²) in [6, 6.07) is 12.2. The highest BCUT2D eigenvalue weighted by Crippen LogP contribution is 2.34. The van der Waals surface area contributed by atoms with E-state index >= 15 is 0 Å². The predicted octanol–water partition coefficient (Wildman–Crippen LogP) is 2.06. The van der Waals surface area contributed by atoms with E-state index in [1.807, 2.05) is 31.2 Å². The van der Waals surface area contributed by atoms with Crippen LogP contribution >= 0.6 is 0 Å². The Morgan fingerprint density at radius 2 is 1.86 bits per heavy atom. The number of para-hydroxylation sites is 1. The Morgan fingerprint density at radius 1 is 1.14 bits per heavy atom. The number of anilines is 1. The van der Waals surface area contributed by atoms with Crippen LogP contribution in [0, 0.1) is 0 Å². The fourth-order valence-electron chi connectivity index (χ4n) is 3.66. The van der Waals surface area contributed by atoms with E-state index in [0.717, 1.165) is 22.0 Å². The normalized spacial score (nSPS) is 18.2. The minimum atomic E-state index is -3.84. The van der Waals surface area contributed by atoms with E-state index in [-0.39, 0.29) is 23.4 Å². The Labute approximate surface area is 164 Å².